The summed E-state index contributed by atoms with van der Waals surface area (Å²) in [5, 5.41) is 1.56. The first kappa shape index (κ1) is 23.7. The van der Waals surface area contributed by atoms with Crippen LogP contribution in [-0.2, 0) is 0 Å². The average Bonchev–Trinajstić information content (AvgIpc) is 2.60. The first-order chi connectivity index (χ1) is 10.4. The Morgan fingerprint density at radius 3 is 0.773 bits per heavy atom. The van der Waals surface area contributed by atoms with Crippen molar-refractivity contribution in [1.82, 2.24) is 0 Å². The lowest BCUT2D eigenvalue weighted by Gasteiger charge is -2.59. The molecule has 0 aliphatic heterocycles. The average molecular weight is 382 g/mol. The minimum Gasteiger partial charge on any atom is -0.137 e. The van der Waals surface area contributed by atoms with Gasteiger partial charge in [-0.15, -0.1) is 27.7 Å². The molecule has 0 aliphatic carbocycles. The van der Waals surface area contributed by atoms with Crippen LogP contribution < -0.4 is 0 Å². The van der Waals surface area contributed by atoms with Gasteiger partial charge in [0.25, 0.3) is 0 Å². The predicted octanol–water partition coefficient (Wildman–Crippen LogP) is 6.77. The van der Waals surface area contributed by atoms with Gasteiger partial charge in [0.05, 0.1) is 0 Å². The van der Waals surface area contributed by atoms with Crippen molar-refractivity contribution in [3.63, 3.8) is 0 Å². The zero-order valence-electron chi connectivity index (χ0n) is 16.0. The van der Waals surface area contributed by atoms with Gasteiger partial charge in [-0.25, -0.2) is 0 Å². The Labute approximate surface area is 149 Å². The van der Waals surface area contributed by atoms with Gasteiger partial charge < -0.3 is 0 Å². The van der Waals surface area contributed by atoms with Crippen LogP contribution in [0.3, 0.4) is 0 Å². The molecule has 0 radical (unpaired) electrons. The lowest BCUT2D eigenvalue weighted by molar-refractivity contribution is 0.483. The number of hydrogen-bond acceptors (Lipinski definition) is 0. The molecular formula is C18H42P4. The highest BCUT2D eigenvalue weighted by Crippen LogP contribution is 2.74. The second-order valence-electron chi connectivity index (χ2n) is 6.74. The van der Waals surface area contributed by atoms with E-state index in [0.717, 1.165) is 0 Å². The first-order valence-electron chi connectivity index (χ1n) is 9.32. The molecule has 0 N–H and O–H groups in total. The molecule has 134 valence electrons. The summed E-state index contributed by atoms with van der Waals surface area (Å²) in [4.78, 5) is 0. The maximum absolute atomic E-state index is 3.12. The van der Waals surface area contributed by atoms with Gasteiger partial charge in [-0.2, -0.15) is 0 Å². The van der Waals surface area contributed by atoms with Crippen LogP contribution >= 0.6 is 35.6 Å². The molecule has 0 fully saturated rings. The minimum absolute atomic E-state index is 0.0671. The fourth-order valence-electron chi connectivity index (χ4n) is 4.35. The van der Waals surface area contributed by atoms with Gasteiger partial charge >= 0.3 is 0 Å². The zero-order valence-corrected chi connectivity index (χ0v) is 20.4. The molecule has 0 spiro atoms. The Balaban J connectivity index is 6.42. The van der Waals surface area contributed by atoms with Crippen molar-refractivity contribution in [2.45, 2.75) is 95.5 Å². The molecule has 0 aromatic heterocycles. The molecule has 0 saturated heterocycles. The van der Waals surface area contributed by atoms with E-state index in [-0.39, 0.29) is 7.92 Å². The van der Waals surface area contributed by atoms with Crippen LogP contribution in [0.1, 0.15) is 80.1 Å². The maximum atomic E-state index is 3.12. The van der Waals surface area contributed by atoms with Gasteiger partial charge in [0.2, 0.25) is 0 Å². The molecule has 0 aliphatic rings. The Morgan fingerprint density at radius 2 is 0.682 bits per heavy atom. The van der Waals surface area contributed by atoms with Crippen molar-refractivity contribution in [3.05, 3.63) is 0 Å². The molecule has 22 heavy (non-hydrogen) atoms. The summed E-state index contributed by atoms with van der Waals surface area (Å²) in [7, 11) is 9.31. The summed E-state index contributed by atoms with van der Waals surface area (Å²) in [6.45, 7) is 14.7. The molecular weight excluding hydrogens is 340 g/mol. The molecule has 0 saturated carbocycles. The van der Waals surface area contributed by atoms with Gasteiger partial charge in [0.15, 0.2) is 0 Å². The van der Waals surface area contributed by atoms with E-state index in [4.69, 9.17) is 0 Å². The summed E-state index contributed by atoms with van der Waals surface area (Å²) in [6.07, 6.45) is 11.8. The van der Waals surface area contributed by atoms with Gasteiger partial charge in [-0.05, 0) is 72.5 Å². The highest BCUT2D eigenvalue weighted by atomic mass is 31.1. The molecule has 0 aromatic carbocycles. The van der Waals surface area contributed by atoms with Crippen LogP contribution in [0.2, 0.25) is 0 Å². The van der Waals surface area contributed by atoms with Crippen LogP contribution in [0, 0.1) is 0 Å². The highest BCUT2D eigenvalue weighted by Gasteiger charge is 2.53. The van der Waals surface area contributed by atoms with Crippen molar-refractivity contribution in [2.75, 3.05) is 18.5 Å². The topological polar surface area (TPSA) is 0 Å². The lowest BCUT2D eigenvalue weighted by Crippen LogP contribution is -2.49. The summed E-state index contributed by atoms with van der Waals surface area (Å²) < 4.78 is 0. The van der Waals surface area contributed by atoms with Gasteiger partial charge in [-0.1, -0.05) is 49.5 Å². The smallest absolute Gasteiger partial charge is 0.00550 e. The summed E-state index contributed by atoms with van der Waals surface area (Å²) >= 11 is 0. The zero-order chi connectivity index (χ0) is 17.4. The lowest BCUT2D eigenvalue weighted by atomic mass is 10.0. The summed E-state index contributed by atoms with van der Waals surface area (Å²) in [5.41, 5.74) is 0. The van der Waals surface area contributed by atoms with Crippen LogP contribution in [-0.4, -0.2) is 34.0 Å². The number of hydrogen-bond donors (Lipinski definition) is 0. The normalized spacial score (nSPS) is 13.9. The van der Waals surface area contributed by atoms with E-state index >= 15 is 0 Å². The third kappa shape index (κ3) is 4.27. The quantitative estimate of drug-likeness (QED) is 0.327. The molecule has 0 bridgehead atoms. The Hall–Kier alpha value is 1.72. The van der Waals surface area contributed by atoms with Gasteiger partial charge in [-0.3, -0.25) is 0 Å². The van der Waals surface area contributed by atoms with Gasteiger partial charge in [0.1, 0.15) is 0 Å². The van der Waals surface area contributed by atoms with E-state index < -0.39 is 0 Å². The molecule has 4 heteroatoms. The first-order valence-corrected chi connectivity index (χ1v) is 13.1. The molecule has 3 unspecified atom stereocenters. The standard InChI is InChI=1S/C18H42P4/c1-7-16(8-2,13-19)22(17(9-3,10-4)14-20)18(11-5,12-6)15-21/h7-15,19-21H2,1-6H3. The third-order valence-corrected chi connectivity index (χ3v) is 15.2. The van der Waals surface area contributed by atoms with E-state index in [1.807, 2.05) is 0 Å². The third-order valence-electron chi connectivity index (χ3n) is 6.51. The molecule has 0 rings (SSSR count). The monoisotopic (exact) mass is 382 g/mol. The predicted molar refractivity (Wildman–Crippen MR) is 121 cm³/mol. The maximum Gasteiger partial charge on any atom is -0.00550 e. The van der Waals surface area contributed by atoms with E-state index in [1.54, 1.807) is 0 Å². The van der Waals surface area contributed by atoms with Crippen molar-refractivity contribution in [1.29, 1.82) is 0 Å². The number of rotatable bonds is 12. The van der Waals surface area contributed by atoms with Crippen LogP contribution in [0.4, 0.5) is 0 Å². The van der Waals surface area contributed by atoms with Crippen molar-refractivity contribution >= 4 is 35.6 Å². The Morgan fingerprint density at radius 1 is 0.500 bits per heavy atom. The van der Waals surface area contributed by atoms with Crippen LogP contribution in [0.5, 0.6) is 0 Å². The Kier molecular flexibility index (Phi) is 11.5. The minimum atomic E-state index is -0.0671. The molecule has 0 nitrogen and oxygen atoms in total. The molecule has 0 amide bonds. The fraction of sp³-hybridized carbons (Fsp3) is 1.00. The molecule has 3 atom stereocenters. The van der Waals surface area contributed by atoms with Crippen molar-refractivity contribution in [2.24, 2.45) is 0 Å². The van der Waals surface area contributed by atoms with Crippen molar-refractivity contribution in [3.8, 4) is 0 Å². The van der Waals surface area contributed by atoms with Crippen LogP contribution in [0.25, 0.3) is 0 Å². The van der Waals surface area contributed by atoms with Gasteiger partial charge in [0, 0.05) is 0 Å². The summed E-state index contributed by atoms with van der Waals surface area (Å²) in [6, 6.07) is 0. The van der Waals surface area contributed by atoms with E-state index in [1.165, 1.54) is 57.0 Å². The van der Waals surface area contributed by atoms with Crippen LogP contribution in [0.15, 0.2) is 0 Å². The largest absolute Gasteiger partial charge is 0.137 e. The Bertz CT molecular complexity index is 219. The molecule has 0 heterocycles. The van der Waals surface area contributed by atoms with Crippen molar-refractivity contribution < 1.29 is 0 Å². The highest BCUT2D eigenvalue weighted by molar-refractivity contribution is 7.64. The van der Waals surface area contributed by atoms with E-state index in [2.05, 4.69) is 69.3 Å². The molecule has 0 aromatic rings. The second kappa shape index (κ2) is 10.7. The van der Waals surface area contributed by atoms with E-state index in [0.29, 0.717) is 15.5 Å². The summed E-state index contributed by atoms with van der Waals surface area (Å²) in [5.74, 6) is 0. The SMILES string of the molecule is CCC(CC)(CP)P(C(CC)(CC)CP)C(CC)(CC)CP. The second-order valence-corrected chi connectivity index (χ2v) is 11.5. The van der Waals surface area contributed by atoms with E-state index in [9.17, 15) is 0 Å². The fourth-order valence-corrected chi connectivity index (χ4v) is 13.2.